The molecule has 3 aliphatic rings. The molecule has 1 aromatic rings. The van der Waals surface area contributed by atoms with Crippen LogP contribution in [-0.4, -0.2) is 54.3 Å². The van der Waals surface area contributed by atoms with Gasteiger partial charge >= 0.3 is 0 Å². The lowest BCUT2D eigenvalue weighted by Gasteiger charge is -2.22. The highest BCUT2D eigenvalue weighted by Crippen LogP contribution is 2.52. The fraction of sp³-hybridized carbons (Fsp3) is 0.500. The smallest absolute Gasteiger partial charge is 0.242 e. The third-order valence-corrected chi connectivity index (χ3v) is 6.17. The second kappa shape index (κ2) is 7.08. The van der Waals surface area contributed by atoms with Crippen molar-refractivity contribution in [2.75, 3.05) is 26.7 Å². The van der Waals surface area contributed by atoms with Gasteiger partial charge in [0.05, 0.1) is 18.4 Å². The Labute approximate surface area is 165 Å². The van der Waals surface area contributed by atoms with Gasteiger partial charge in [0.2, 0.25) is 17.7 Å². The highest BCUT2D eigenvalue weighted by molar-refractivity contribution is 6.08. The van der Waals surface area contributed by atoms with Crippen LogP contribution in [0.2, 0.25) is 0 Å². The first-order chi connectivity index (χ1) is 13.3. The number of carbonyl (C=O) groups excluding carboxylic acids is 3. The Balaban J connectivity index is 1.30. The summed E-state index contributed by atoms with van der Waals surface area (Å²) in [5.74, 6) is -0.0156. The molecule has 0 N–H and O–H groups in total. The third kappa shape index (κ3) is 3.21. The van der Waals surface area contributed by atoms with Gasteiger partial charge in [-0.15, -0.1) is 0 Å². The maximum atomic E-state index is 12.7. The molecule has 4 atom stereocenters. The van der Waals surface area contributed by atoms with Gasteiger partial charge in [0.1, 0.15) is 18.9 Å². The van der Waals surface area contributed by atoms with Gasteiger partial charge in [0.15, 0.2) is 0 Å². The van der Waals surface area contributed by atoms with E-state index in [4.69, 9.17) is 4.74 Å². The Morgan fingerprint density at radius 3 is 2.21 bits per heavy atom. The molecule has 1 aliphatic heterocycles. The molecule has 3 amide bonds. The lowest BCUT2D eigenvalue weighted by Crippen LogP contribution is -2.43. The average molecular weight is 382 g/mol. The van der Waals surface area contributed by atoms with Crippen LogP contribution >= 0.6 is 0 Å². The Kier molecular flexibility index (Phi) is 4.73. The van der Waals surface area contributed by atoms with Crippen molar-refractivity contribution in [1.82, 2.24) is 9.80 Å². The minimum Gasteiger partial charge on any atom is -0.492 e. The van der Waals surface area contributed by atoms with E-state index in [-0.39, 0.29) is 47.9 Å². The Hall–Kier alpha value is -2.63. The van der Waals surface area contributed by atoms with Crippen LogP contribution in [0.15, 0.2) is 30.4 Å². The number of allylic oxidation sites excluding steroid dienone is 2. The number of benzene rings is 1. The van der Waals surface area contributed by atoms with E-state index in [1.165, 1.54) is 9.80 Å². The van der Waals surface area contributed by atoms with Gasteiger partial charge in [-0.3, -0.25) is 19.3 Å². The standard InChI is InChI=1S/C22H26N2O4/c1-13-8-14(2)10-17(9-13)28-7-6-23(3)18(25)12-24-21(26)19-15-4-5-16(11-15)20(19)22(24)27/h4-5,8-10,15-16,19-20H,6-7,11-12H2,1-3H3. The number of ether oxygens (including phenoxy) is 1. The summed E-state index contributed by atoms with van der Waals surface area (Å²) in [6, 6.07) is 5.98. The predicted octanol–water partition coefficient (Wildman–Crippen LogP) is 1.95. The number of likely N-dealkylation sites (tertiary alicyclic amines) is 1. The maximum absolute atomic E-state index is 12.7. The fourth-order valence-electron chi connectivity index (χ4n) is 4.82. The van der Waals surface area contributed by atoms with Crippen molar-refractivity contribution >= 4 is 17.7 Å². The van der Waals surface area contributed by atoms with Crippen molar-refractivity contribution in [3.05, 3.63) is 41.5 Å². The molecule has 4 rings (SSSR count). The Bertz CT molecular complexity index is 812. The van der Waals surface area contributed by atoms with E-state index in [2.05, 4.69) is 18.2 Å². The van der Waals surface area contributed by atoms with Crippen LogP contribution in [0.5, 0.6) is 5.75 Å². The van der Waals surface area contributed by atoms with Gasteiger partial charge in [-0.25, -0.2) is 0 Å². The summed E-state index contributed by atoms with van der Waals surface area (Å²) in [7, 11) is 1.67. The number of nitrogens with zero attached hydrogens (tertiary/aromatic N) is 2. The Morgan fingerprint density at radius 2 is 1.64 bits per heavy atom. The van der Waals surface area contributed by atoms with Gasteiger partial charge in [-0.2, -0.15) is 0 Å². The second-order valence-corrected chi connectivity index (χ2v) is 8.25. The van der Waals surface area contributed by atoms with Crippen molar-refractivity contribution in [1.29, 1.82) is 0 Å². The monoisotopic (exact) mass is 382 g/mol. The van der Waals surface area contributed by atoms with Crippen LogP contribution < -0.4 is 4.74 Å². The topological polar surface area (TPSA) is 66.9 Å². The highest BCUT2D eigenvalue weighted by atomic mass is 16.5. The van der Waals surface area contributed by atoms with Gasteiger partial charge in [0.25, 0.3) is 0 Å². The summed E-state index contributed by atoms with van der Waals surface area (Å²) >= 11 is 0. The Morgan fingerprint density at radius 1 is 1.07 bits per heavy atom. The van der Waals surface area contributed by atoms with Gasteiger partial charge in [-0.1, -0.05) is 18.2 Å². The minimum atomic E-state index is -0.256. The van der Waals surface area contributed by atoms with Crippen molar-refractivity contribution < 1.29 is 19.1 Å². The first-order valence-electron chi connectivity index (χ1n) is 9.84. The van der Waals surface area contributed by atoms with Crippen molar-refractivity contribution in [3.8, 4) is 5.75 Å². The number of hydrogen-bond acceptors (Lipinski definition) is 4. The number of rotatable bonds is 6. The number of carbonyl (C=O) groups is 3. The average Bonchev–Trinajstić information content (AvgIpc) is 3.30. The highest BCUT2D eigenvalue weighted by Gasteiger charge is 2.59. The van der Waals surface area contributed by atoms with Crippen molar-refractivity contribution in [2.45, 2.75) is 20.3 Å². The van der Waals surface area contributed by atoms with Crippen LogP contribution in [0.3, 0.4) is 0 Å². The molecule has 1 aromatic carbocycles. The first-order valence-corrected chi connectivity index (χ1v) is 9.84. The van der Waals surface area contributed by atoms with Gasteiger partial charge in [0, 0.05) is 7.05 Å². The molecule has 6 heteroatoms. The molecule has 0 aromatic heterocycles. The van der Waals surface area contributed by atoms with Crippen molar-refractivity contribution in [3.63, 3.8) is 0 Å². The molecule has 1 saturated heterocycles. The zero-order chi connectivity index (χ0) is 20.0. The van der Waals surface area contributed by atoms with Crippen LogP contribution in [0.1, 0.15) is 17.5 Å². The van der Waals surface area contributed by atoms with Crippen LogP contribution in [-0.2, 0) is 14.4 Å². The molecule has 6 nitrogen and oxygen atoms in total. The molecular formula is C22H26N2O4. The molecule has 28 heavy (non-hydrogen) atoms. The fourth-order valence-corrected chi connectivity index (χ4v) is 4.82. The number of amides is 3. The molecular weight excluding hydrogens is 356 g/mol. The van der Waals surface area contributed by atoms with Crippen LogP contribution in [0, 0.1) is 37.5 Å². The lowest BCUT2D eigenvalue weighted by molar-refractivity contribution is -0.146. The predicted molar refractivity (Wildman–Crippen MR) is 103 cm³/mol. The first kappa shape index (κ1) is 18.7. The van der Waals surface area contributed by atoms with Crippen molar-refractivity contribution in [2.24, 2.45) is 23.7 Å². The summed E-state index contributed by atoms with van der Waals surface area (Å²) in [5, 5.41) is 0. The quantitative estimate of drug-likeness (QED) is 0.557. The van der Waals surface area contributed by atoms with E-state index in [1.54, 1.807) is 7.05 Å². The zero-order valence-electron chi connectivity index (χ0n) is 16.6. The molecule has 148 valence electrons. The summed E-state index contributed by atoms with van der Waals surface area (Å²) in [6.07, 6.45) is 5.00. The molecule has 2 aliphatic carbocycles. The zero-order valence-corrected chi connectivity index (χ0v) is 16.6. The second-order valence-electron chi connectivity index (χ2n) is 8.25. The van der Waals surface area contributed by atoms with E-state index in [9.17, 15) is 14.4 Å². The number of aryl methyl sites for hydroxylation is 2. The van der Waals surface area contributed by atoms with E-state index in [0.717, 1.165) is 23.3 Å². The summed E-state index contributed by atoms with van der Waals surface area (Å²) in [4.78, 5) is 40.6. The van der Waals surface area contributed by atoms with Crippen LogP contribution in [0.4, 0.5) is 0 Å². The largest absolute Gasteiger partial charge is 0.492 e. The molecule has 2 fully saturated rings. The normalized spacial score (nSPS) is 27.5. The molecule has 1 heterocycles. The van der Waals surface area contributed by atoms with Gasteiger partial charge in [-0.05, 0) is 55.4 Å². The SMILES string of the molecule is Cc1cc(C)cc(OCCN(C)C(=O)CN2C(=O)C3C4C=CC(C4)C3C2=O)c1. The number of fused-ring (bicyclic) bond motifs is 5. The van der Waals surface area contributed by atoms with Crippen LogP contribution in [0.25, 0.3) is 0 Å². The molecule has 1 saturated carbocycles. The summed E-state index contributed by atoms with van der Waals surface area (Å²) < 4.78 is 5.75. The van der Waals surface area contributed by atoms with E-state index in [0.29, 0.717) is 13.2 Å². The number of likely N-dealkylation sites (N-methyl/N-ethyl adjacent to an activating group) is 1. The lowest BCUT2D eigenvalue weighted by atomic mass is 9.85. The number of imide groups is 1. The van der Waals surface area contributed by atoms with E-state index >= 15 is 0 Å². The summed E-state index contributed by atoms with van der Waals surface area (Å²) in [5.41, 5.74) is 2.25. The third-order valence-electron chi connectivity index (χ3n) is 6.17. The molecule has 2 bridgehead atoms. The maximum Gasteiger partial charge on any atom is 0.242 e. The van der Waals surface area contributed by atoms with E-state index < -0.39 is 0 Å². The summed E-state index contributed by atoms with van der Waals surface area (Å²) in [6.45, 7) is 4.59. The molecule has 4 unspecified atom stereocenters. The molecule has 0 spiro atoms. The molecule has 0 radical (unpaired) electrons. The van der Waals surface area contributed by atoms with Gasteiger partial charge < -0.3 is 9.64 Å². The van der Waals surface area contributed by atoms with E-state index in [1.807, 2.05) is 26.0 Å². The minimum absolute atomic E-state index is 0.162. The number of hydrogen-bond donors (Lipinski definition) is 0.